The molecule has 12 aromatic rings. The molecule has 0 saturated heterocycles. The minimum atomic E-state index is 0.626. The number of thiophene rings is 2. The zero-order chi connectivity index (χ0) is 37.5. The molecule has 0 saturated carbocycles. The monoisotopic (exact) mass is 762 g/mol. The number of hydrogen-bond donors (Lipinski definition) is 0. The lowest BCUT2D eigenvalue weighted by atomic mass is 9.97. The normalized spacial score (nSPS) is 11.9. The highest BCUT2D eigenvalue weighted by atomic mass is 32.1. The first-order valence-corrected chi connectivity index (χ1v) is 20.7. The second-order valence-electron chi connectivity index (χ2n) is 14.4. The lowest BCUT2D eigenvalue weighted by molar-refractivity contribution is 1.07. The van der Waals surface area contributed by atoms with Gasteiger partial charge in [0.2, 0.25) is 0 Å². The van der Waals surface area contributed by atoms with E-state index in [1.54, 1.807) is 0 Å². The minimum Gasteiger partial charge on any atom is -0.309 e. The third-order valence-electron chi connectivity index (χ3n) is 11.0. The highest BCUT2D eigenvalue weighted by molar-refractivity contribution is 7.27. The molecule has 4 heterocycles. The fourth-order valence-electron chi connectivity index (χ4n) is 8.49. The molecule has 12 rings (SSSR count). The Kier molecular flexibility index (Phi) is 7.24. The van der Waals surface area contributed by atoms with Crippen LogP contribution in [-0.2, 0) is 0 Å². The first-order valence-electron chi connectivity index (χ1n) is 19.0. The number of rotatable bonds is 5. The molecule has 4 aromatic heterocycles. The standard InChI is InChI=1S/C51H30N4S2/c1-3-14-31(15-4-1)49-52-50(32-16-5-2-6-17-32)54-51(53-49)34-28-33(36-21-13-25-45-46(36)40-20-9-12-24-44(40)56-45)29-35(30-34)55-41-22-10-7-19-39(41)47-42(55)27-26-38-37-18-8-11-23-43(37)57-48(38)47/h1-30H. The molecule has 8 aromatic carbocycles. The number of para-hydroxylation sites is 1. The van der Waals surface area contributed by atoms with Gasteiger partial charge in [-0.2, -0.15) is 0 Å². The van der Waals surface area contributed by atoms with Crippen LogP contribution in [0.15, 0.2) is 182 Å². The molecule has 0 N–H and O–H groups in total. The maximum Gasteiger partial charge on any atom is 0.164 e. The fraction of sp³-hybridized carbons (Fsp3) is 0. The van der Waals surface area contributed by atoms with E-state index in [9.17, 15) is 0 Å². The Balaban J connectivity index is 1.18. The summed E-state index contributed by atoms with van der Waals surface area (Å²) in [5.41, 5.74) is 8.47. The van der Waals surface area contributed by atoms with Crippen LogP contribution in [0.1, 0.15) is 0 Å². The highest BCUT2D eigenvalue weighted by Gasteiger charge is 2.21. The summed E-state index contributed by atoms with van der Waals surface area (Å²) in [6, 6.07) is 64.9. The van der Waals surface area contributed by atoms with Gasteiger partial charge in [0, 0.05) is 73.5 Å². The van der Waals surface area contributed by atoms with Gasteiger partial charge in [0.15, 0.2) is 17.5 Å². The van der Waals surface area contributed by atoms with Crippen LogP contribution in [0.5, 0.6) is 0 Å². The number of benzene rings is 8. The van der Waals surface area contributed by atoms with Gasteiger partial charge < -0.3 is 4.57 Å². The van der Waals surface area contributed by atoms with Crippen molar-refractivity contribution in [1.82, 2.24) is 19.5 Å². The predicted molar refractivity (Wildman–Crippen MR) is 242 cm³/mol. The predicted octanol–water partition coefficient (Wildman–Crippen LogP) is 14.4. The van der Waals surface area contributed by atoms with Gasteiger partial charge in [-0.15, -0.1) is 22.7 Å². The van der Waals surface area contributed by atoms with Gasteiger partial charge in [0.1, 0.15) is 0 Å². The van der Waals surface area contributed by atoms with Crippen LogP contribution in [0.3, 0.4) is 0 Å². The van der Waals surface area contributed by atoms with Crippen LogP contribution in [-0.4, -0.2) is 19.5 Å². The average molecular weight is 763 g/mol. The number of fused-ring (bicyclic) bond motifs is 10. The minimum absolute atomic E-state index is 0.626. The van der Waals surface area contributed by atoms with Crippen molar-refractivity contribution in [3.05, 3.63) is 182 Å². The summed E-state index contributed by atoms with van der Waals surface area (Å²) < 4.78 is 7.60. The van der Waals surface area contributed by atoms with Gasteiger partial charge in [-0.05, 0) is 59.7 Å². The summed E-state index contributed by atoms with van der Waals surface area (Å²) in [6.45, 7) is 0. The molecule has 6 heteroatoms. The van der Waals surface area contributed by atoms with Crippen LogP contribution >= 0.6 is 22.7 Å². The Morgan fingerprint density at radius 1 is 0.351 bits per heavy atom. The summed E-state index contributed by atoms with van der Waals surface area (Å²) in [7, 11) is 0. The lowest BCUT2D eigenvalue weighted by Gasteiger charge is -2.15. The van der Waals surface area contributed by atoms with Crippen LogP contribution in [0.4, 0.5) is 0 Å². The molecule has 0 aliphatic heterocycles. The Morgan fingerprint density at radius 3 is 1.67 bits per heavy atom. The van der Waals surface area contributed by atoms with E-state index in [1.807, 2.05) is 59.1 Å². The van der Waals surface area contributed by atoms with Crippen LogP contribution in [0, 0.1) is 0 Å². The Morgan fingerprint density at radius 2 is 0.930 bits per heavy atom. The highest BCUT2D eigenvalue weighted by Crippen LogP contribution is 2.45. The smallest absolute Gasteiger partial charge is 0.164 e. The molecular formula is C51H30N4S2. The number of nitrogens with zero attached hydrogens (tertiary/aromatic N) is 4. The lowest BCUT2D eigenvalue weighted by Crippen LogP contribution is -2.01. The summed E-state index contributed by atoms with van der Waals surface area (Å²) in [4.78, 5) is 15.5. The topological polar surface area (TPSA) is 43.6 Å². The van der Waals surface area contributed by atoms with Gasteiger partial charge in [-0.25, -0.2) is 15.0 Å². The quantitative estimate of drug-likeness (QED) is 0.175. The second kappa shape index (κ2) is 12.8. The van der Waals surface area contributed by atoms with E-state index in [-0.39, 0.29) is 0 Å². The molecule has 4 nitrogen and oxygen atoms in total. The molecule has 0 atom stereocenters. The molecule has 0 aliphatic rings. The van der Waals surface area contributed by atoms with Crippen LogP contribution in [0.2, 0.25) is 0 Å². The summed E-state index contributed by atoms with van der Waals surface area (Å²) in [6.07, 6.45) is 0. The zero-order valence-electron chi connectivity index (χ0n) is 30.4. The van der Waals surface area contributed by atoms with E-state index in [0.29, 0.717) is 17.5 Å². The van der Waals surface area contributed by atoms with Gasteiger partial charge in [-0.3, -0.25) is 0 Å². The third-order valence-corrected chi connectivity index (χ3v) is 13.4. The largest absolute Gasteiger partial charge is 0.309 e. The fourth-order valence-corrected chi connectivity index (χ4v) is 10.9. The van der Waals surface area contributed by atoms with Crippen molar-refractivity contribution < 1.29 is 0 Å². The number of hydrogen-bond acceptors (Lipinski definition) is 5. The van der Waals surface area contributed by atoms with Crippen molar-refractivity contribution in [3.8, 4) is 51.0 Å². The Bertz CT molecular complexity index is 3470. The van der Waals surface area contributed by atoms with Gasteiger partial charge in [0.05, 0.1) is 11.0 Å². The molecular weight excluding hydrogens is 733 g/mol. The molecule has 266 valence electrons. The van der Waals surface area contributed by atoms with Crippen molar-refractivity contribution in [1.29, 1.82) is 0 Å². The molecule has 0 unspecified atom stereocenters. The van der Waals surface area contributed by atoms with Crippen molar-refractivity contribution in [2.45, 2.75) is 0 Å². The van der Waals surface area contributed by atoms with Gasteiger partial charge in [0.25, 0.3) is 0 Å². The molecule has 0 spiro atoms. The van der Waals surface area contributed by atoms with E-state index >= 15 is 0 Å². The average Bonchev–Trinajstić information content (AvgIpc) is 3.96. The van der Waals surface area contributed by atoms with Crippen molar-refractivity contribution in [3.63, 3.8) is 0 Å². The first-order chi connectivity index (χ1) is 28.2. The van der Waals surface area contributed by atoms with Crippen LogP contribution < -0.4 is 0 Å². The number of aromatic nitrogens is 4. The third kappa shape index (κ3) is 5.15. The van der Waals surface area contributed by atoms with Crippen LogP contribution in [0.25, 0.3) is 113 Å². The molecule has 57 heavy (non-hydrogen) atoms. The van der Waals surface area contributed by atoms with E-state index in [4.69, 9.17) is 15.0 Å². The molecule has 0 radical (unpaired) electrons. The maximum absolute atomic E-state index is 5.22. The molecule has 0 amide bonds. The second-order valence-corrected chi connectivity index (χ2v) is 16.5. The summed E-state index contributed by atoms with van der Waals surface area (Å²) in [5.74, 6) is 1.91. The van der Waals surface area contributed by atoms with Crippen molar-refractivity contribution >= 4 is 84.8 Å². The summed E-state index contributed by atoms with van der Waals surface area (Å²) in [5, 5.41) is 7.64. The molecule has 0 fully saturated rings. The Hall–Kier alpha value is -6.99. The van der Waals surface area contributed by atoms with Crippen molar-refractivity contribution in [2.24, 2.45) is 0 Å². The SMILES string of the molecule is c1ccc(-c2nc(-c3ccccc3)nc(-c3cc(-c4cccc5sc6ccccc6c45)cc(-n4c5ccccc5c5c6sc7ccccc7c6ccc54)c3)n2)cc1. The van der Waals surface area contributed by atoms with Gasteiger partial charge in [-0.1, -0.05) is 133 Å². The Labute approximate surface area is 335 Å². The van der Waals surface area contributed by atoms with Gasteiger partial charge >= 0.3 is 0 Å². The zero-order valence-corrected chi connectivity index (χ0v) is 32.1. The van der Waals surface area contributed by atoms with E-state index in [1.165, 1.54) is 62.2 Å². The first kappa shape index (κ1) is 32.3. The van der Waals surface area contributed by atoms with E-state index < -0.39 is 0 Å². The van der Waals surface area contributed by atoms with Crippen molar-refractivity contribution in [2.75, 3.05) is 0 Å². The van der Waals surface area contributed by atoms with E-state index in [2.05, 4.69) is 150 Å². The summed E-state index contributed by atoms with van der Waals surface area (Å²) >= 11 is 3.72. The molecule has 0 bridgehead atoms. The maximum atomic E-state index is 5.22. The molecule has 0 aliphatic carbocycles. The van der Waals surface area contributed by atoms with E-state index in [0.717, 1.165) is 33.5 Å².